The van der Waals surface area contributed by atoms with E-state index in [-0.39, 0.29) is 17.5 Å². The minimum Gasteiger partial charge on any atom is -0.350 e. The van der Waals surface area contributed by atoms with Crippen LogP contribution in [0, 0.1) is 0 Å². The molecule has 112 valence electrons. The summed E-state index contributed by atoms with van der Waals surface area (Å²) in [5.74, 6) is -0.331. The van der Waals surface area contributed by atoms with Crippen molar-refractivity contribution in [2.75, 3.05) is 0 Å². The van der Waals surface area contributed by atoms with Gasteiger partial charge in [-0.3, -0.25) is 4.79 Å². The Morgan fingerprint density at radius 2 is 1.80 bits per heavy atom. The van der Waals surface area contributed by atoms with Crippen molar-refractivity contribution in [1.82, 2.24) is 5.32 Å². The number of halogens is 3. The molecule has 0 heterocycles. The summed E-state index contributed by atoms with van der Waals surface area (Å²) in [4.78, 5) is 11.9. The van der Waals surface area contributed by atoms with Gasteiger partial charge in [0.15, 0.2) is 0 Å². The van der Waals surface area contributed by atoms with Gasteiger partial charge in [0.2, 0.25) is 0 Å². The van der Waals surface area contributed by atoms with E-state index in [1.165, 1.54) is 12.1 Å². The molecule has 0 fully saturated rings. The number of benzene rings is 1. The van der Waals surface area contributed by atoms with Crippen molar-refractivity contribution in [3.63, 3.8) is 0 Å². The second kappa shape index (κ2) is 7.31. The summed E-state index contributed by atoms with van der Waals surface area (Å²) in [7, 11) is 0. The molecule has 0 radical (unpaired) electrons. The predicted octanol–water partition coefficient (Wildman–Crippen LogP) is 4.40. The van der Waals surface area contributed by atoms with E-state index in [2.05, 4.69) is 12.2 Å². The minimum absolute atomic E-state index is 0.0244. The van der Waals surface area contributed by atoms with Crippen LogP contribution in [0.5, 0.6) is 0 Å². The summed E-state index contributed by atoms with van der Waals surface area (Å²) >= 11 is 0. The average molecular weight is 287 g/mol. The first-order valence-corrected chi connectivity index (χ1v) is 6.82. The Labute approximate surface area is 117 Å². The quantitative estimate of drug-likeness (QED) is 0.772. The van der Waals surface area contributed by atoms with Crippen LogP contribution in [0.3, 0.4) is 0 Å². The highest BCUT2D eigenvalue weighted by molar-refractivity contribution is 5.94. The Bertz CT molecular complexity index is 426. The molecule has 0 aliphatic carbocycles. The standard InChI is InChI=1S/C15H20F3NO/c1-3-4-5-6-11(2)19-14(20)12-7-9-13(10-8-12)15(16,17)18/h7-11H,3-6H2,1-2H3,(H,19,20)/t11-/m0/s1. The monoisotopic (exact) mass is 287 g/mol. The zero-order valence-corrected chi connectivity index (χ0v) is 11.8. The first kappa shape index (κ1) is 16.5. The first-order valence-electron chi connectivity index (χ1n) is 6.82. The Morgan fingerprint density at radius 1 is 1.20 bits per heavy atom. The highest BCUT2D eigenvalue weighted by Crippen LogP contribution is 2.29. The third-order valence-corrected chi connectivity index (χ3v) is 3.09. The van der Waals surface area contributed by atoms with Gasteiger partial charge in [-0.15, -0.1) is 0 Å². The highest BCUT2D eigenvalue weighted by Gasteiger charge is 2.30. The molecular formula is C15H20F3NO. The zero-order chi connectivity index (χ0) is 15.2. The number of hydrogen-bond acceptors (Lipinski definition) is 1. The Morgan fingerprint density at radius 3 is 2.30 bits per heavy atom. The summed E-state index contributed by atoms with van der Waals surface area (Å²) in [6, 6.07) is 4.29. The van der Waals surface area contributed by atoms with E-state index >= 15 is 0 Å². The van der Waals surface area contributed by atoms with Gasteiger partial charge in [0.25, 0.3) is 5.91 Å². The maximum Gasteiger partial charge on any atom is 0.416 e. The van der Waals surface area contributed by atoms with Gasteiger partial charge in [-0.05, 0) is 37.6 Å². The Kier molecular flexibility index (Phi) is 6.05. The van der Waals surface area contributed by atoms with Crippen LogP contribution >= 0.6 is 0 Å². The molecule has 1 N–H and O–H groups in total. The molecule has 1 rings (SSSR count). The van der Waals surface area contributed by atoms with E-state index in [0.29, 0.717) is 0 Å². The lowest BCUT2D eigenvalue weighted by molar-refractivity contribution is -0.137. The van der Waals surface area contributed by atoms with Crippen LogP contribution in [-0.2, 0) is 6.18 Å². The molecule has 0 saturated carbocycles. The largest absolute Gasteiger partial charge is 0.416 e. The molecule has 0 unspecified atom stereocenters. The van der Waals surface area contributed by atoms with Crippen molar-refractivity contribution in [2.45, 2.75) is 51.7 Å². The van der Waals surface area contributed by atoms with Crippen LogP contribution in [0.2, 0.25) is 0 Å². The van der Waals surface area contributed by atoms with Gasteiger partial charge in [0, 0.05) is 11.6 Å². The number of alkyl halides is 3. The molecule has 0 saturated heterocycles. The molecule has 1 aromatic rings. The maximum atomic E-state index is 12.4. The third kappa shape index (κ3) is 5.23. The van der Waals surface area contributed by atoms with Crippen LogP contribution in [0.4, 0.5) is 13.2 Å². The molecule has 1 amide bonds. The van der Waals surface area contributed by atoms with Crippen LogP contribution in [0.15, 0.2) is 24.3 Å². The summed E-state index contributed by atoms with van der Waals surface area (Å²) in [5.41, 5.74) is -0.495. The second-order valence-corrected chi connectivity index (χ2v) is 4.95. The number of hydrogen-bond donors (Lipinski definition) is 1. The van der Waals surface area contributed by atoms with Crippen LogP contribution in [-0.4, -0.2) is 11.9 Å². The van der Waals surface area contributed by atoms with Crippen molar-refractivity contribution in [3.05, 3.63) is 35.4 Å². The second-order valence-electron chi connectivity index (χ2n) is 4.95. The Balaban J connectivity index is 2.55. The fourth-order valence-electron chi connectivity index (χ4n) is 1.89. The predicted molar refractivity (Wildman–Crippen MR) is 72.5 cm³/mol. The smallest absolute Gasteiger partial charge is 0.350 e. The van der Waals surface area contributed by atoms with Gasteiger partial charge in [-0.2, -0.15) is 13.2 Å². The number of carbonyl (C=O) groups excluding carboxylic acids is 1. The number of amides is 1. The lowest BCUT2D eigenvalue weighted by Gasteiger charge is -2.14. The SMILES string of the molecule is CCCCC[C@H](C)NC(=O)c1ccc(C(F)(F)F)cc1. The number of unbranched alkanes of at least 4 members (excludes halogenated alkanes) is 2. The number of rotatable bonds is 6. The number of nitrogens with one attached hydrogen (secondary N) is 1. The zero-order valence-electron chi connectivity index (χ0n) is 11.8. The van der Waals surface area contributed by atoms with Gasteiger partial charge in [-0.25, -0.2) is 0 Å². The van der Waals surface area contributed by atoms with E-state index in [0.717, 1.165) is 37.8 Å². The first-order chi connectivity index (χ1) is 9.34. The molecule has 0 aromatic heterocycles. The molecule has 2 nitrogen and oxygen atoms in total. The molecule has 1 aromatic carbocycles. The topological polar surface area (TPSA) is 29.1 Å². The fourth-order valence-corrected chi connectivity index (χ4v) is 1.89. The fraction of sp³-hybridized carbons (Fsp3) is 0.533. The van der Waals surface area contributed by atoms with Crippen molar-refractivity contribution in [1.29, 1.82) is 0 Å². The third-order valence-electron chi connectivity index (χ3n) is 3.09. The highest BCUT2D eigenvalue weighted by atomic mass is 19.4. The average Bonchev–Trinajstić information content (AvgIpc) is 2.38. The van der Waals surface area contributed by atoms with E-state index in [1.807, 2.05) is 6.92 Å². The lowest BCUT2D eigenvalue weighted by atomic mass is 10.1. The summed E-state index contributed by atoms with van der Waals surface area (Å²) in [5, 5.41) is 2.79. The number of carbonyl (C=O) groups is 1. The van der Waals surface area contributed by atoms with Crippen molar-refractivity contribution >= 4 is 5.91 Å². The Hall–Kier alpha value is -1.52. The molecule has 0 spiro atoms. The summed E-state index contributed by atoms with van der Waals surface area (Å²) in [6.07, 6.45) is -0.242. The van der Waals surface area contributed by atoms with Crippen molar-refractivity contribution < 1.29 is 18.0 Å². The van der Waals surface area contributed by atoms with Crippen molar-refractivity contribution in [2.24, 2.45) is 0 Å². The van der Waals surface area contributed by atoms with E-state index in [4.69, 9.17) is 0 Å². The normalized spacial score (nSPS) is 13.1. The van der Waals surface area contributed by atoms with Crippen LogP contribution in [0.1, 0.15) is 55.5 Å². The molecule has 0 bridgehead atoms. The van der Waals surface area contributed by atoms with Gasteiger partial charge < -0.3 is 5.32 Å². The summed E-state index contributed by atoms with van der Waals surface area (Å²) in [6.45, 7) is 4.00. The molecule has 5 heteroatoms. The van der Waals surface area contributed by atoms with Crippen LogP contribution in [0.25, 0.3) is 0 Å². The molecule has 20 heavy (non-hydrogen) atoms. The lowest BCUT2D eigenvalue weighted by Crippen LogP contribution is -2.32. The van der Waals surface area contributed by atoms with Gasteiger partial charge in [0.1, 0.15) is 0 Å². The minimum atomic E-state index is -4.37. The molecule has 1 atom stereocenters. The molecular weight excluding hydrogens is 267 g/mol. The van der Waals surface area contributed by atoms with E-state index in [9.17, 15) is 18.0 Å². The maximum absolute atomic E-state index is 12.4. The van der Waals surface area contributed by atoms with Gasteiger partial charge >= 0.3 is 6.18 Å². The van der Waals surface area contributed by atoms with E-state index in [1.54, 1.807) is 0 Å². The van der Waals surface area contributed by atoms with Gasteiger partial charge in [0.05, 0.1) is 5.56 Å². The van der Waals surface area contributed by atoms with Gasteiger partial charge in [-0.1, -0.05) is 26.2 Å². The summed E-state index contributed by atoms with van der Waals surface area (Å²) < 4.78 is 37.2. The molecule has 0 aliphatic heterocycles. The van der Waals surface area contributed by atoms with Crippen LogP contribution < -0.4 is 5.32 Å². The van der Waals surface area contributed by atoms with Crippen molar-refractivity contribution in [3.8, 4) is 0 Å². The molecule has 0 aliphatic rings. The van der Waals surface area contributed by atoms with E-state index < -0.39 is 11.7 Å².